The first kappa shape index (κ1) is 14.5. The molecule has 0 saturated heterocycles. The zero-order valence-corrected chi connectivity index (χ0v) is 11.9. The molecule has 1 aliphatic rings. The minimum absolute atomic E-state index is 0.189. The van der Waals surface area contributed by atoms with E-state index in [4.69, 9.17) is 20.6 Å². The summed E-state index contributed by atoms with van der Waals surface area (Å²) in [5, 5.41) is 0. The normalized spacial score (nSPS) is 18.7. The third-order valence-corrected chi connectivity index (χ3v) is 5.61. The molecule has 0 spiro atoms. The Morgan fingerprint density at radius 2 is 1.81 bits per heavy atom. The van der Waals surface area contributed by atoms with Gasteiger partial charge in [0.05, 0.1) is 19.4 Å². The molecule has 96 valence electrons. The van der Waals surface area contributed by atoms with Gasteiger partial charge in [-0.15, -0.1) is 11.6 Å². The van der Waals surface area contributed by atoms with Crippen molar-refractivity contribution >= 4 is 19.2 Å². The Hall–Kier alpha value is 0.440. The van der Waals surface area contributed by atoms with E-state index in [0.717, 1.165) is 25.7 Å². The van der Waals surface area contributed by atoms with E-state index in [9.17, 15) is 4.57 Å². The minimum atomic E-state index is -2.86. The summed E-state index contributed by atoms with van der Waals surface area (Å²) in [5.41, 5.74) is 0.189. The van der Waals surface area contributed by atoms with E-state index >= 15 is 0 Å². The number of hydrogen-bond acceptors (Lipinski definition) is 3. The van der Waals surface area contributed by atoms with E-state index in [-0.39, 0.29) is 5.41 Å². The summed E-state index contributed by atoms with van der Waals surface area (Å²) in [6.45, 7) is 4.60. The highest BCUT2D eigenvalue weighted by Gasteiger charge is 2.48. The Kier molecular flexibility index (Phi) is 5.79. The van der Waals surface area contributed by atoms with Crippen molar-refractivity contribution in [3.8, 4) is 0 Å². The third-order valence-electron chi connectivity index (χ3n) is 2.98. The van der Waals surface area contributed by atoms with Gasteiger partial charge in [0.25, 0.3) is 0 Å². The van der Waals surface area contributed by atoms with Gasteiger partial charge in [-0.25, -0.2) is 0 Å². The topological polar surface area (TPSA) is 35.5 Å². The van der Waals surface area contributed by atoms with Crippen LogP contribution in [0.1, 0.15) is 39.5 Å². The van der Waals surface area contributed by atoms with Crippen LogP contribution in [0.5, 0.6) is 0 Å². The number of hydrogen-bond donors (Lipinski definition) is 0. The van der Waals surface area contributed by atoms with E-state index in [2.05, 4.69) is 0 Å². The molecule has 0 aromatic heterocycles. The molecule has 0 unspecified atom stereocenters. The molecule has 0 aromatic carbocycles. The van der Waals surface area contributed by atoms with E-state index < -0.39 is 7.60 Å². The standard InChI is InChI=1S/C11H22ClO3P/c1-3-14-16(13,15-4-2)10-11(7-8-11)6-5-9-12/h3-10H2,1-2H3. The zero-order chi connectivity index (χ0) is 12.1. The Morgan fingerprint density at radius 3 is 2.19 bits per heavy atom. The quantitative estimate of drug-likeness (QED) is 0.467. The van der Waals surface area contributed by atoms with Crippen LogP contribution in [0.3, 0.4) is 0 Å². The van der Waals surface area contributed by atoms with Crippen molar-refractivity contribution in [1.82, 2.24) is 0 Å². The summed E-state index contributed by atoms with van der Waals surface area (Å²) in [7, 11) is -2.86. The molecule has 5 heteroatoms. The fourth-order valence-corrected chi connectivity index (χ4v) is 4.51. The maximum atomic E-state index is 12.4. The molecule has 0 N–H and O–H groups in total. The lowest BCUT2D eigenvalue weighted by atomic mass is 10.0. The summed E-state index contributed by atoms with van der Waals surface area (Å²) in [6.07, 6.45) is 4.86. The van der Waals surface area contributed by atoms with Gasteiger partial charge in [-0.3, -0.25) is 4.57 Å². The molecular weight excluding hydrogens is 247 g/mol. The molecule has 1 rings (SSSR count). The van der Waals surface area contributed by atoms with E-state index in [1.165, 1.54) is 0 Å². The summed E-state index contributed by atoms with van der Waals surface area (Å²) in [5.74, 6) is 0.676. The van der Waals surface area contributed by atoms with Crippen molar-refractivity contribution in [2.75, 3.05) is 25.3 Å². The molecule has 16 heavy (non-hydrogen) atoms. The molecular formula is C11H22ClO3P. The Labute approximate surface area is 103 Å². The van der Waals surface area contributed by atoms with Crippen LogP contribution in [-0.2, 0) is 13.6 Å². The van der Waals surface area contributed by atoms with Crippen LogP contribution < -0.4 is 0 Å². The molecule has 0 aliphatic heterocycles. The molecule has 1 fully saturated rings. The van der Waals surface area contributed by atoms with Crippen molar-refractivity contribution in [1.29, 1.82) is 0 Å². The third kappa shape index (κ3) is 4.37. The van der Waals surface area contributed by atoms with Crippen LogP contribution >= 0.6 is 19.2 Å². The van der Waals surface area contributed by atoms with Crippen molar-refractivity contribution < 1.29 is 13.6 Å². The van der Waals surface area contributed by atoms with Crippen molar-refractivity contribution in [2.24, 2.45) is 5.41 Å². The van der Waals surface area contributed by atoms with Crippen LogP contribution in [0.4, 0.5) is 0 Å². The predicted molar refractivity (Wildman–Crippen MR) is 67.3 cm³/mol. The zero-order valence-electron chi connectivity index (χ0n) is 10.2. The molecule has 1 saturated carbocycles. The Bertz CT molecular complexity index is 244. The first-order chi connectivity index (χ1) is 7.60. The van der Waals surface area contributed by atoms with Gasteiger partial charge in [-0.1, -0.05) is 0 Å². The lowest BCUT2D eigenvalue weighted by Gasteiger charge is -2.22. The lowest BCUT2D eigenvalue weighted by Crippen LogP contribution is -2.11. The average Bonchev–Trinajstić information content (AvgIpc) is 2.96. The molecule has 0 aromatic rings. The highest BCUT2D eigenvalue weighted by atomic mass is 35.5. The van der Waals surface area contributed by atoms with Gasteiger partial charge in [0.1, 0.15) is 0 Å². The minimum Gasteiger partial charge on any atom is -0.309 e. The molecule has 0 heterocycles. The molecule has 0 atom stereocenters. The van der Waals surface area contributed by atoms with Gasteiger partial charge in [0.2, 0.25) is 0 Å². The van der Waals surface area contributed by atoms with Gasteiger partial charge in [-0.2, -0.15) is 0 Å². The highest BCUT2D eigenvalue weighted by Crippen LogP contribution is 2.62. The molecule has 1 aliphatic carbocycles. The molecule has 0 amide bonds. The van der Waals surface area contributed by atoms with Gasteiger partial charge in [-0.05, 0) is 44.9 Å². The average molecular weight is 269 g/mol. The largest absolute Gasteiger partial charge is 0.331 e. The smallest absolute Gasteiger partial charge is 0.309 e. The maximum Gasteiger partial charge on any atom is 0.331 e. The van der Waals surface area contributed by atoms with Crippen LogP contribution in [0.25, 0.3) is 0 Å². The van der Waals surface area contributed by atoms with Crippen molar-refractivity contribution in [3.05, 3.63) is 0 Å². The van der Waals surface area contributed by atoms with Gasteiger partial charge < -0.3 is 9.05 Å². The fraction of sp³-hybridized carbons (Fsp3) is 1.00. The van der Waals surface area contributed by atoms with Crippen molar-refractivity contribution in [2.45, 2.75) is 39.5 Å². The fourth-order valence-electron chi connectivity index (χ4n) is 2.04. The second-order valence-electron chi connectivity index (χ2n) is 4.40. The molecule has 3 nitrogen and oxygen atoms in total. The van der Waals surface area contributed by atoms with Crippen LogP contribution in [0.15, 0.2) is 0 Å². The highest BCUT2D eigenvalue weighted by molar-refractivity contribution is 7.53. The van der Waals surface area contributed by atoms with Gasteiger partial charge in [0, 0.05) is 5.88 Å². The monoisotopic (exact) mass is 268 g/mol. The lowest BCUT2D eigenvalue weighted by molar-refractivity contribution is 0.213. The summed E-state index contributed by atoms with van der Waals surface area (Å²) in [4.78, 5) is 0. The SMILES string of the molecule is CCOP(=O)(CC1(CCCCl)CC1)OCC. The second kappa shape index (κ2) is 6.39. The Morgan fingerprint density at radius 1 is 1.25 bits per heavy atom. The second-order valence-corrected chi connectivity index (χ2v) is 6.83. The van der Waals surface area contributed by atoms with Crippen LogP contribution in [-0.4, -0.2) is 25.3 Å². The Balaban J connectivity index is 2.51. The van der Waals surface area contributed by atoms with Crippen LogP contribution in [0.2, 0.25) is 0 Å². The van der Waals surface area contributed by atoms with Crippen molar-refractivity contribution in [3.63, 3.8) is 0 Å². The molecule has 0 radical (unpaired) electrons. The summed E-state index contributed by atoms with van der Waals surface area (Å²) >= 11 is 5.70. The summed E-state index contributed by atoms with van der Waals surface area (Å²) < 4.78 is 23.0. The first-order valence-corrected chi connectivity index (χ1v) is 8.30. The maximum absolute atomic E-state index is 12.4. The summed E-state index contributed by atoms with van der Waals surface area (Å²) in [6, 6.07) is 0. The number of rotatable bonds is 9. The van der Waals surface area contributed by atoms with E-state index in [1.807, 2.05) is 13.8 Å². The van der Waals surface area contributed by atoms with Gasteiger partial charge >= 0.3 is 7.60 Å². The predicted octanol–water partition coefficient (Wildman–Crippen LogP) is 4.05. The molecule has 0 bridgehead atoms. The van der Waals surface area contributed by atoms with E-state index in [1.54, 1.807) is 0 Å². The number of halogens is 1. The number of alkyl halides is 1. The van der Waals surface area contributed by atoms with Gasteiger partial charge in [0.15, 0.2) is 0 Å². The first-order valence-electron chi connectivity index (χ1n) is 6.04. The van der Waals surface area contributed by atoms with E-state index in [0.29, 0.717) is 25.3 Å². The van der Waals surface area contributed by atoms with Crippen LogP contribution in [0, 0.1) is 5.41 Å².